The molecule has 7 heteroatoms. The van der Waals surface area contributed by atoms with Crippen molar-refractivity contribution >= 4 is 70.6 Å². The molecule has 0 aliphatic carbocycles. The van der Waals surface area contributed by atoms with Crippen molar-refractivity contribution in [3.05, 3.63) is 133 Å². The van der Waals surface area contributed by atoms with Crippen molar-refractivity contribution in [3.63, 3.8) is 0 Å². The van der Waals surface area contributed by atoms with Crippen molar-refractivity contribution in [2.75, 3.05) is 24.7 Å². The predicted octanol–water partition coefficient (Wildman–Crippen LogP) is 13.2. The van der Waals surface area contributed by atoms with Crippen LogP contribution in [-0.4, -0.2) is 24.7 Å². The van der Waals surface area contributed by atoms with Gasteiger partial charge in [0.15, 0.2) is 0 Å². The molecule has 1 fully saturated rings. The second-order valence-electron chi connectivity index (χ2n) is 12.1. The number of benzene rings is 6. The third-order valence-electron chi connectivity index (χ3n) is 8.76. The van der Waals surface area contributed by atoms with Crippen molar-refractivity contribution < 1.29 is 4.74 Å². The zero-order valence-corrected chi connectivity index (χ0v) is 30.8. The van der Waals surface area contributed by atoms with Gasteiger partial charge in [0.05, 0.1) is 13.2 Å². The lowest BCUT2D eigenvalue weighted by Crippen LogP contribution is -2.46. The van der Waals surface area contributed by atoms with Gasteiger partial charge in [-0.25, -0.2) is 0 Å². The molecule has 0 saturated carbocycles. The molecule has 3 heterocycles. The zero-order valence-electron chi connectivity index (χ0n) is 25.9. The third kappa shape index (κ3) is 6.06. The van der Waals surface area contributed by atoms with E-state index in [9.17, 15) is 0 Å². The molecule has 6 aromatic carbocycles. The molecule has 0 spiro atoms. The number of ether oxygens (including phenoxy) is 1. The van der Waals surface area contributed by atoms with E-state index >= 15 is 0 Å². The molecule has 0 N–H and O–H groups in total. The van der Waals surface area contributed by atoms with Crippen LogP contribution in [0.5, 0.6) is 0 Å². The smallest absolute Gasteiger partial charge is 0.0561 e. The minimum atomic E-state index is 0.134. The Morgan fingerprint density at radius 2 is 0.792 bits per heavy atom. The maximum Gasteiger partial charge on any atom is 0.0561 e. The topological polar surface area (TPSA) is 9.23 Å². The summed E-state index contributed by atoms with van der Waals surface area (Å²) in [7, 11) is 0. The van der Waals surface area contributed by atoms with Crippen molar-refractivity contribution in [2.45, 2.75) is 49.0 Å². The zero-order chi connectivity index (χ0) is 31.9. The van der Waals surface area contributed by atoms with Crippen LogP contribution in [0.4, 0.5) is 0 Å². The van der Waals surface area contributed by atoms with Crippen LogP contribution in [0.25, 0.3) is 22.3 Å². The third-order valence-corrected chi connectivity index (χ3v) is 16.8. The first kappa shape index (κ1) is 31.4. The van der Waals surface area contributed by atoms with Gasteiger partial charge in [0, 0.05) is 65.9 Å². The van der Waals surface area contributed by atoms with Crippen LogP contribution in [-0.2, 0) is 4.74 Å². The van der Waals surface area contributed by atoms with E-state index in [1.807, 2.05) is 70.6 Å². The van der Waals surface area contributed by atoms with Crippen LogP contribution in [0.1, 0.15) is 0 Å². The van der Waals surface area contributed by atoms with Gasteiger partial charge in [-0.05, 0) is 70.8 Å². The summed E-state index contributed by atoms with van der Waals surface area (Å²) in [5.41, 5.74) is 5.44. The van der Waals surface area contributed by atoms with Gasteiger partial charge >= 0.3 is 0 Å². The SMILES string of the molecule is c1ccc2c(c1)Sc1cccc(-c3ccccc3SCC3(CSc4ccccc4-c4cccc5c4Sc4ccccc4S5)COC3)c1S2. The van der Waals surface area contributed by atoms with Crippen molar-refractivity contribution in [3.8, 4) is 22.3 Å². The van der Waals surface area contributed by atoms with Crippen molar-refractivity contribution in [1.29, 1.82) is 0 Å². The van der Waals surface area contributed by atoms with Gasteiger partial charge < -0.3 is 4.74 Å². The van der Waals surface area contributed by atoms with E-state index in [1.165, 1.54) is 71.2 Å². The van der Waals surface area contributed by atoms with Gasteiger partial charge in [0.1, 0.15) is 0 Å². The van der Waals surface area contributed by atoms with Gasteiger partial charge in [-0.1, -0.05) is 132 Å². The number of hydrogen-bond donors (Lipinski definition) is 0. The van der Waals surface area contributed by atoms with Crippen LogP contribution >= 0.6 is 70.6 Å². The molecule has 1 nitrogen and oxygen atoms in total. The van der Waals surface area contributed by atoms with E-state index in [1.54, 1.807) is 0 Å². The van der Waals surface area contributed by atoms with Crippen molar-refractivity contribution in [1.82, 2.24) is 0 Å². The lowest BCUT2D eigenvalue weighted by atomic mass is 9.91. The Labute approximate surface area is 307 Å². The average Bonchev–Trinajstić information content (AvgIpc) is 3.12. The maximum atomic E-state index is 5.92. The molecule has 0 atom stereocenters. The lowest BCUT2D eigenvalue weighted by molar-refractivity contribution is -0.0830. The normalized spacial score (nSPS) is 15.4. The number of rotatable bonds is 8. The van der Waals surface area contributed by atoms with E-state index in [0.29, 0.717) is 0 Å². The Bertz CT molecular complexity index is 2010. The summed E-state index contributed by atoms with van der Waals surface area (Å²) in [6.45, 7) is 1.62. The fraction of sp³-hybridized carbons (Fsp3) is 0.122. The molecule has 3 aliphatic rings. The van der Waals surface area contributed by atoms with Crippen molar-refractivity contribution in [2.24, 2.45) is 5.41 Å². The van der Waals surface area contributed by atoms with Crippen LogP contribution in [0.3, 0.4) is 0 Å². The highest BCUT2D eigenvalue weighted by Crippen LogP contribution is 2.54. The number of thioether (sulfide) groups is 2. The van der Waals surface area contributed by atoms with Crippen LogP contribution in [0.2, 0.25) is 0 Å². The quantitative estimate of drug-likeness (QED) is 0.142. The second kappa shape index (κ2) is 13.6. The summed E-state index contributed by atoms with van der Waals surface area (Å²) < 4.78 is 5.92. The molecule has 1 saturated heterocycles. The molecule has 9 rings (SSSR count). The first-order chi connectivity index (χ1) is 23.7. The van der Waals surface area contributed by atoms with Gasteiger partial charge in [0.2, 0.25) is 0 Å². The Hall–Kier alpha value is -2.62. The lowest BCUT2D eigenvalue weighted by Gasteiger charge is -2.41. The van der Waals surface area contributed by atoms with E-state index in [4.69, 9.17) is 4.74 Å². The molecule has 6 aromatic rings. The fourth-order valence-corrected chi connectivity index (χ4v) is 13.6. The van der Waals surface area contributed by atoms with E-state index in [0.717, 1.165) is 24.7 Å². The number of fused-ring (bicyclic) bond motifs is 4. The first-order valence-electron chi connectivity index (χ1n) is 15.9. The number of hydrogen-bond acceptors (Lipinski definition) is 7. The van der Waals surface area contributed by atoms with Crippen LogP contribution in [0.15, 0.2) is 182 Å². The van der Waals surface area contributed by atoms with E-state index in [-0.39, 0.29) is 5.41 Å². The van der Waals surface area contributed by atoms with E-state index < -0.39 is 0 Å². The highest BCUT2D eigenvalue weighted by Gasteiger charge is 2.39. The summed E-state index contributed by atoms with van der Waals surface area (Å²) in [4.78, 5) is 13.5. The fourth-order valence-electron chi connectivity index (χ4n) is 6.21. The van der Waals surface area contributed by atoms with Gasteiger partial charge in [-0.15, -0.1) is 23.5 Å². The first-order valence-corrected chi connectivity index (χ1v) is 21.1. The molecule has 0 amide bonds. The molecule has 0 aromatic heterocycles. The molecule has 0 radical (unpaired) electrons. The molecule has 3 aliphatic heterocycles. The highest BCUT2D eigenvalue weighted by molar-refractivity contribution is 8.05. The predicted molar refractivity (Wildman–Crippen MR) is 208 cm³/mol. The highest BCUT2D eigenvalue weighted by atomic mass is 32.2. The summed E-state index contributed by atoms with van der Waals surface area (Å²) in [5.74, 6) is 2.06. The second-order valence-corrected chi connectivity index (χ2v) is 18.4. The minimum Gasteiger partial charge on any atom is -0.380 e. The molecule has 0 unspecified atom stereocenters. The summed E-state index contributed by atoms with van der Waals surface area (Å²) >= 11 is 11.6. The molecule has 48 heavy (non-hydrogen) atoms. The molecular formula is C41H30OS6. The standard InChI is InChI=1S/C41H30OS6/c1-3-15-31(27(11-1)29-13-9-21-37-39(29)47-35-19-7-5-17-33(35)45-37)43-25-41(23-42-24-41)26-44-32-16-4-2-12-28(32)30-14-10-22-38-40(30)48-36-20-8-6-18-34(36)46-38/h1-22H,23-26H2. The molecule has 0 bridgehead atoms. The Balaban J connectivity index is 0.951. The van der Waals surface area contributed by atoms with Gasteiger partial charge in [-0.2, -0.15) is 0 Å². The van der Waals surface area contributed by atoms with Gasteiger partial charge in [-0.3, -0.25) is 0 Å². The Morgan fingerprint density at radius 1 is 0.417 bits per heavy atom. The molecular weight excluding hydrogens is 701 g/mol. The summed E-state index contributed by atoms with van der Waals surface area (Å²) in [6.07, 6.45) is 0. The van der Waals surface area contributed by atoms with Gasteiger partial charge in [0.25, 0.3) is 0 Å². The summed E-state index contributed by atoms with van der Waals surface area (Å²) in [6, 6.07) is 49.0. The Morgan fingerprint density at radius 3 is 1.23 bits per heavy atom. The monoisotopic (exact) mass is 730 g/mol. The largest absolute Gasteiger partial charge is 0.380 e. The van der Waals surface area contributed by atoms with E-state index in [2.05, 4.69) is 133 Å². The van der Waals surface area contributed by atoms with Crippen LogP contribution in [0, 0.1) is 5.41 Å². The van der Waals surface area contributed by atoms with Crippen LogP contribution < -0.4 is 0 Å². The Kier molecular flexibility index (Phi) is 8.88. The molecule has 236 valence electrons. The minimum absolute atomic E-state index is 0.134. The summed E-state index contributed by atoms with van der Waals surface area (Å²) in [5, 5.41) is 0. The average molecular weight is 731 g/mol. The maximum absolute atomic E-state index is 5.92.